The van der Waals surface area contributed by atoms with Gasteiger partial charge in [0.2, 0.25) is 47.3 Å². The molecular weight excluding hydrogens is 1140 g/mol. The van der Waals surface area contributed by atoms with Gasteiger partial charge in [0.15, 0.2) is 12.1 Å². The van der Waals surface area contributed by atoms with E-state index in [0.29, 0.717) is 12.8 Å². The van der Waals surface area contributed by atoms with E-state index in [9.17, 15) is 88.2 Å². The minimum Gasteiger partial charge on any atom is -0.481 e. The molecule has 1 heterocycles. The molecule has 1 aliphatic heterocycles. The molecule has 9 amide bonds. The molecule has 1 unspecified atom stereocenters. The van der Waals surface area contributed by atoms with Crippen molar-refractivity contribution in [1.29, 1.82) is 0 Å². The highest BCUT2D eigenvalue weighted by Gasteiger charge is 2.41. The molecule has 0 aromatic carbocycles. The van der Waals surface area contributed by atoms with Crippen LogP contribution in [-0.4, -0.2) is 207 Å². The molecular formula is C53H91ClN12O19. The summed E-state index contributed by atoms with van der Waals surface area (Å²) in [7, 11) is 0. The molecule has 12 atom stereocenters. The van der Waals surface area contributed by atoms with Crippen LogP contribution in [0.5, 0.6) is 0 Å². The van der Waals surface area contributed by atoms with Gasteiger partial charge < -0.3 is 100 Å². The number of carboxylic acid groups (broad SMARTS) is 2. The minimum absolute atomic E-state index is 0.123. The molecule has 1 aliphatic rings. The third-order valence-electron chi connectivity index (χ3n) is 13.5. The molecule has 1 fully saturated rings. The first-order chi connectivity index (χ1) is 40.3. The average molecular weight is 1240 g/mol. The van der Waals surface area contributed by atoms with Crippen molar-refractivity contribution >= 4 is 82.7 Å². The largest absolute Gasteiger partial charge is 0.481 e. The highest BCUT2D eigenvalue weighted by Crippen LogP contribution is 2.15. The zero-order valence-electron chi connectivity index (χ0n) is 48.6. The lowest BCUT2D eigenvalue weighted by atomic mass is 10.0. The number of cyclic esters (lactones) is 1. The van der Waals surface area contributed by atoms with Crippen molar-refractivity contribution in [3.05, 3.63) is 11.8 Å². The van der Waals surface area contributed by atoms with E-state index in [1.54, 1.807) is 0 Å². The van der Waals surface area contributed by atoms with Crippen LogP contribution in [0.1, 0.15) is 143 Å². The number of allylic oxidation sites excluding steroid dienone is 1. The standard InChI is InChI=1S/C53H91ClN12O19/c1-4-6-7-8-9-10-11-12-13-14-15-18-30(68)25-38(70)58-36-28-85-53(84)41(37(69)27-54)65-51(81)42(43(73)52(82)83)66-44(74)31(5-2)59-50(80)40(29(3)67)64-47(77)34(21-24-57)61-45(75)32(19-16-17-22-55)60-48(78)35(26-39(71)72)63-46(76)33(20-23-56)62-49(36)79/h5,29-30,32-37,40-43,67-69,73H,4,6-28,55-57H2,1-3H3,(H,58,70)(H,59,80)(H,60,78)(H,61,75)(H,62,79)(H,63,76)(H,64,77)(H,65,81)(H,66,74)(H,71,72)(H,82,83)/b31-5+/t29-,30?,32-,33+,34-,35-,36-,37+,40-,41-,42-,43-/m0/s1. The number of rotatable bonds is 30. The van der Waals surface area contributed by atoms with Crippen LogP contribution in [0.15, 0.2) is 11.8 Å². The van der Waals surface area contributed by atoms with Crippen molar-refractivity contribution in [1.82, 2.24) is 47.9 Å². The van der Waals surface area contributed by atoms with E-state index in [4.69, 9.17) is 33.5 Å². The Hall–Kier alpha value is -6.61. The van der Waals surface area contributed by atoms with Gasteiger partial charge in [-0.2, -0.15) is 0 Å². The molecule has 1 saturated heterocycles. The number of carbonyl (C=O) groups excluding carboxylic acids is 10. The van der Waals surface area contributed by atoms with Gasteiger partial charge in [0.25, 0.3) is 5.91 Å². The Kier molecular flexibility index (Phi) is 38.0. The maximum absolute atomic E-state index is 14.2. The summed E-state index contributed by atoms with van der Waals surface area (Å²) < 4.78 is 5.28. The molecule has 0 bridgehead atoms. The van der Waals surface area contributed by atoms with Gasteiger partial charge in [-0.3, -0.25) is 47.9 Å². The number of aliphatic hydroxyl groups is 4. The summed E-state index contributed by atoms with van der Waals surface area (Å²) in [4.78, 5) is 163. The van der Waals surface area contributed by atoms with Crippen molar-refractivity contribution in [3.8, 4) is 0 Å². The maximum Gasteiger partial charge on any atom is 0.335 e. The van der Waals surface area contributed by atoms with Crippen molar-refractivity contribution < 1.29 is 92.9 Å². The van der Waals surface area contributed by atoms with Crippen LogP contribution >= 0.6 is 11.6 Å². The quantitative estimate of drug-likeness (QED) is 0.0140. The van der Waals surface area contributed by atoms with Gasteiger partial charge in [0, 0.05) is 0 Å². The molecule has 0 aromatic rings. The molecule has 484 valence electrons. The van der Waals surface area contributed by atoms with Crippen molar-refractivity contribution in [2.24, 2.45) is 17.2 Å². The van der Waals surface area contributed by atoms with Gasteiger partial charge in [-0.05, 0) is 72.0 Å². The number of carboxylic acids is 2. The number of nitrogens with two attached hydrogens (primary N) is 3. The number of nitrogens with one attached hydrogen (secondary N) is 9. The van der Waals surface area contributed by atoms with E-state index in [1.807, 2.05) is 10.6 Å². The highest BCUT2D eigenvalue weighted by atomic mass is 35.5. The number of esters is 1. The predicted molar refractivity (Wildman–Crippen MR) is 305 cm³/mol. The van der Waals surface area contributed by atoms with E-state index in [0.717, 1.165) is 57.9 Å². The van der Waals surface area contributed by atoms with Crippen molar-refractivity contribution in [2.45, 2.75) is 216 Å². The third-order valence-corrected chi connectivity index (χ3v) is 13.8. The number of unbranched alkanes of at least 4 members (excludes halogenated alkanes) is 11. The number of alkyl halides is 1. The summed E-state index contributed by atoms with van der Waals surface area (Å²) in [6.07, 6.45) is 2.18. The molecule has 32 heteroatoms. The number of halogens is 1. The first-order valence-corrected chi connectivity index (χ1v) is 29.2. The fraction of sp³-hybridized carbons (Fsp3) is 0.736. The van der Waals surface area contributed by atoms with Gasteiger partial charge >= 0.3 is 17.9 Å². The number of aliphatic hydroxyl groups excluding tert-OH is 4. The zero-order chi connectivity index (χ0) is 64.2. The first kappa shape index (κ1) is 76.4. The second-order valence-electron chi connectivity index (χ2n) is 20.6. The Bertz CT molecular complexity index is 2230. The van der Waals surface area contributed by atoms with Gasteiger partial charge in [0.1, 0.15) is 54.6 Å². The van der Waals surface area contributed by atoms with Gasteiger partial charge in [-0.1, -0.05) is 83.6 Å². The van der Waals surface area contributed by atoms with Crippen LogP contribution in [0.4, 0.5) is 0 Å². The van der Waals surface area contributed by atoms with Crippen molar-refractivity contribution in [2.75, 3.05) is 32.1 Å². The topological polar surface area (TPSA) is 522 Å². The Morgan fingerprint density at radius 3 is 1.60 bits per heavy atom. The second kappa shape index (κ2) is 42.2. The normalized spacial score (nSPS) is 24.2. The number of hydrogen-bond acceptors (Lipinski definition) is 20. The third kappa shape index (κ3) is 29.4. The number of hydrogen-bond donors (Lipinski definition) is 18. The molecule has 0 aliphatic carbocycles. The molecule has 0 saturated carbocycles. The van der Waals surface area contributed by atoms with Crippen LogP contribution in [0.25, 0.3) is 0 Å². The van der Waals surface area contributed by atoms with E-state index in [1.165, 1.54) is 26.2 Å². The monoisotopic (exact) mass is 1230 g/mol. The summed E-state index contributed by atoms with van der Waals surface area (Å²) >= 11 is 5.86. The van der Waals surface area contributed by atoms with Crippen LogP contribution in [0, 0.1) is 0 Å². The minimum atomic E-state index is -2.83. The number of ether oxygens (including phenoxy) is 1. The van der Waals surface area contributed by atoms with E-state index in [-0.39, 0.29) is 45.3 Å². The Morgan fingerprint density at radius 2 is 1.11 bits per heavy atom. The molecule has 21 N–H and O–H groups in total. The molecule has 0 aromatic heterocycles. The Balaban J connectivity index is 3.95. The summed E-state index contributed by atoms with van der Waals surface area (Å²) in [5.41, 5.74) is 16.4. The smallest absolute Gasteiger partial charge is 0.335 e. The van der Waals surface area contributed by atoms with E-state index >= 15 is 0 Å². The lowest BCUT2D eigenvalue weighted by Crippen LogP contribution is -2.62. The lowest BCUT2D eigenvalue weighted by Gasteiger charge is -2.28. The van der Waals surface area contributed by atoms with Gasteiger partial charge in [-0.15, -0.1) is 11.6 Å². The number of carbonyl (C=O) groups is 12. The number of amides is 9. The maximum atomic E-state index is 14.2. The Labute approximate surface area is 498 Å². The molecule has 1 rings (SSSR count). The fourth-order valence-electron chi connectivity index (χ4n) is 8.58. The highest BCUT2D eigenvalue weighted by molar-refractivity contribution is 6.18. The average Bonchev–Trinajstić information content (AvgIpc) is 3.65. The Morgan fingerprint density at radius 1 is 0.612 bits per heavy atom. The molecule has 0 radical (unpaired) electrons. The summed E-state index contributed by atoms with van der Waals surface area (Å²) in [6, 6.07) is -15.8. The van der Waals surface area contributed by atoms with Gasteiger partial charge in [0.05, 0.1) is 37.0 Å². The van der Waals surface area contributed by atoms with Crippen LogP contribution < -0.4 is 65.1 Å². The second-order valence-corrected chi connectivity index (χ2v) is 20.9. The van der Waals surface area contributed by atoms with Crippen molar-refractivity contribution in [3.63, 3.8) is 0 Å². The zero-order valence-corrected chi connectivity index (χ0v) is 49.3. The van der Waals surface area contributed by atoms with Crippen LogP contribution in [0.3, 0.4) is 0 Å². The van der Waals surface area contributed by atoms with Crippen LogP contribution in [0.2, 0.25) is 0 Å². The van der Waals surface area contributed by atoms with E-state index in [2.05, 4.69) is 44.1 Å². The van der Waals surface area contributed by atoms with E-state index < -0.39 is 181 Å². The first-order valence-electron chi connectivity index (χ1n) is 28.7. The van der Waals surface area contributed by atoms with Gasteiger partial charge in [-0.25, -0.2) is 9.59 Å². The summed E-state index contributed by atoms with van der Waals surface area (Å²) in [6.45, 7) is 2.65. The fourth-order valence-corrected chi connectivity index (χ4v) is 8.76. The SMILES string of the molecule is C/C=C1/NC(=O)[C@H]([C@H](C)O)NC(=O)[C@H](CCN)NC(=O)[C@H](CCCCN)NC(=O)[C@H](CC(=O)O)NC(=O)[C@@H](CCN)NC(=O)[C@@H](NC(=O)CC(O)CCCCCCCCCCCCC)COC(=O)[C@H]([C@H](O)CCl)NC(=O)[C@H]([C@H](O)C(=O)O)NC1=O. The molecule has 31 nitrogen and oxygen atoms in total. The summed E-state index contributed by atoms with van der Waals surface area (Å²) in [5, 5.41) is 82.3. The predicted octanol–water partition coefficient (Wildman–Crippen LogP) is -4.38. The molecule has 85 heavy (non-hydrogen) atoms. The lowest BCUT2D eigenvalue weighted by molar-refractivity contribution is -0.155. The summed E-state index contributed by atoms with van der Waals surface area (Å²) in [5.74, 6) is -17.8. The van der Waals surface area contributed by atoms with Crippen LogP contribution in [-0.2, 0) is 62.3 Å². The number of aliphatic carboxylic acids is 2. The molecule has 0 spiro atoms.